The predicted molar refractivity (Wildman–Crippen MR) is 94.9 cm³/mol. The Bertz CT molecular complexity index is 767. The lowest BCUT2D eigenvalue weighted by molar-refractivity contribution is 0.102. The highest BCUT2D eigenvalue weighted by atomic mass is 127. The number of anilines is 1. The third-order valence-electron chi connectivity index (χ3n) is 3.26. The summed E-state index contributed by atoms with van der Waals surface area (Å²) in [5.74, 6) is -0.107. The van der Waals surface area contributed by atoms with Crippen molar-refractivity contribution in [1.29, 1.82) is 0 Å². The number of amides is 1. The van der Waals surface area contributed by atoms with Gasteiger partial charge in [0.25, 0.3) is 5.91 Å². The van der Waals surface area contributed by atoms with Gasteiger partial charge in [0.15, 0.2) is 0 Å². The summed E-state index contributed by atoms with van der Waals surface area (Å²) in [6, 6.07) is 17.1. The average molecular weight is 403 g/mol. The number of hydrogen-bond acceptors (Lipinski definition) is 2. The zero-order valence-corrected chi connectivity index (χ0v) is 13.9. The summed E-state index contributed by atoms with van der Waals surface area (Å²) in [5.41, 5.74) is 2.47. The molecule has 3 aromatic rings. The Hall–Kier alpha value is -2.15. The molecule has 22 heavy (non-hydrogen) atoms. The van der Waals surface area contributed by atoms with Crippen LogP contribution in [0.3, 0.4) is 0 Å². The van der Waals surface area contributed by atoms with Crippen LogP contribution in [0.1, 0.15) is 15.9 Å². The number of halogens is 1. The number of aromatic nitrogens is 2. The lowest BCUT2D eigenvalue weighted by Crippen LogP contribution is -2.14. The minimum atomic E-state index is -0.107. The molecule has 1 amide bonds. The van der Waals surface area contributed by atoms with E-state index >= 15 is 0 Å². The van der Waals surface area contributed by atoms with Gasteiger partial charge in [-0.3, -0.25) is 9.48 Å². The van der Waals surface area contributed by atoms with Crippen LogP contribution in [-0.2, 0) is 6.54 Å². The molecule has 0 bridgehead atoms. The highest BCUT2D eigenvalue weighted by molar-refractivity contribution is 14.1. The van der Waals surface area contributed by atoms with Crippen LogP contribution in [0.5, 0.6) is 0 Å². The number of rotatable bonds is 4. The van der Waals surface area contributed by atoms with Crippen molar-refractivity contribution in [1.82, 2.24) is 9.78 Å². The van der Waals surface area contributed by atoms with Crippen molar-refractivity contribution in [2.45, 2.75) is 6.54 Å². The van der Waals surface area contributed by atoms with E-state index in [0.29, 0.717) is 12.1 Å². The number of benzene rings is 2. The number of hydrogen-bond donors (Lipinski definition) is 1. The molecule has 1 N–H and O–H groups in total. The molecule has 1 heterocycles. The molecule has 0 saturated carbocycles. The molecule has 3 rings (SSSR count). The van der Waals surface area contributed by atoms with Gasteiger partial charge in [-0.05, 0) is 64.6 Å². The topological polar surface area (TPSA) is 46.9 Å². The largest absolute Gasteiger partial charge is 0.322 e. The fourth-order valence-electron chi connectivity index (χ4n) is 2.14. The molecule has 0 aliphatic rings. The van der Waals surface area contributed by atoms with E-state index < -0.39 is 0 Å². The quantitative estimate of drug-likeness (QED) is 0.674. The Morgan fingerprint density at radius 2 is 1.86 bits per heavy atom. The Balaban J connectivity index is 1.80. The van der Waals surface area contributed by atoms with Crippen molar-refractivity contribution in [2.75, 3.05) is 5.32 Å². The second-order valence-corrected chi connectivity index (χ2v) is 6.07. The van der Waals surface area contributed by atoms with E-state index in [2.05, 4.69) is 33.0 Å². The van der Waals surface area contributed by atoms with Crippen molar-refractivity contribution >= 4 is 34.2 Å². The molecule has 0 spiro atoms. The molecule has 2 aromatic carbocycles. The molecule has 1 aromatic heterocycles. The second-order valence-electron chi connectivity index (χ2n) is 4.82. The van der Waals surface area contributed by atoms with Gasteiger partial charge >= 0.3 is 0 Å². The average Bonchev–Trinajstić information content (AvgIpc) is 3.03. The molecule has 0 unspecified atom stereocenters. The first-order chi connectivity index (χ1) is 10.7. The van der Waals surface area contributed by atoms with Crippen LogP contribution >= 0.6 is 22.6 Å². The van der Waals surface area contributed by atoms with Gasteiger partial charge in [0, 0.05) is 27.2 Å². The van der Waals surface area contributed by atoms with Gasteiger partial charge in [-0.2, -0.15) is 5.10 Å². The number of para-hydroxylation sites is 1. The van der Waals surface area contributed by atoms with Crippen LogP contribution in [0.4, 0.5) is 5.69 Å². The van der Waals surface area contributed by atoms with E-state index in [1.807, 2.05) is 65.5 Å². The monoisotopic (exact) mass is 403 g/mol. The zero-order chi connectivity index (χ0) is 15.4. The molecule has 4 nitrogen and oxygen atoms in total. The van der Waals surface area contributed by atoms with Crippen molar-refractivity contribution in [3.63, 3.8) is 0 Å². The maximum Gasteiger partial charge on any atom is 0.255 e. The molecule has 0 aliphatic carbocycles. The van der Waals surface area contributed by atoms with Crippen LogP contribution in [-0.4, -0.2) is 15.7 Å². The van der Waals surface area contributed by atoms with Gasteiger partial charge in [0.2, 0.25) is 0 Å². The summed E-state index contributed by atoms with van der Waals surface area (Å²) in [7, 11) is 0. The first-order valence-electron chi connectivity index (χ1n) is 6.84. The number of carbonyl (C=O) groups excluding carboxylic acids is 1. The van der Waals surface area contributed by atoms with E-state index in [-0.39, 0.29) is 5.91 Å². The number of nitrogens with one attached hydrogen (secondary N) is 1. The van der Waals surface area contributed by atoms with Gasteiger partial charge in [-0.15, -0.1) is 0 Å². The Labute approximate surface area is 142 Å². The molecular weight excluding hydrogens is 389 g/mol. The van der Waals surface area contributed by atoms with E-state index in [9.17, 15) is 4.79 Å². The number of carbonyl (C=O) groups is 1. The Morgan fingerprint density at radius 1 is 1.09 bits per heavy atom. The second kappa shape index (κ2) is 6.74. The maximum atomic E-state index is 12.3. The fourth-order valence-corrected chi connectivity index (χ4v) is 2.50. The Kier molecular flexibility index (Phi) is 4.53. The van der Waals surface area contributed by atoms with Crippen molar-refractivity contribution in [3.05, 3.63) is 81.7 Å². The smallest absolute Gasteiger partial charge is 0.255 e. The van der Waals surface area contributed by atoms with E-state index in [1.165, 1.54) is 0 Å². The first-order valence-corrected chi connectivity index (χ1v) is 7.92. The lowest BCUT2D eigenvalue weighted by Gasteiger charge is -2.11. The summed E-state index contributed by atoms with van der Waals surface area (Å²) in [5, 5.41) is 7.18. The molecule has 0 radical (unpaired) electrons. The van der Waals surface area contributed by atoms with Gasteiger partial charge in [-0.1, -0.05) is 18.2 Å². The van der Waals surface area contributed by atoms with Crippen molar-refractivity contribution < 1.29 is 4.79 Å². The van der Waals surface area contributed by atoms with E-state index in [4.69, 9.17) is 0 Å². The summed E-state index contributed by atoms with van der Waals surface area (Å²) >= 11 is 2.22. The van der Waals surface area contributed by atoms with Crippen LogP contribution < -0.4 is 5.32 Å². The first kappa shape index (κ1) is 14.8. The van der Waals surface area contributed by atoms with Crippen molar-refractivity contribution in [2.24, 2.45) is 0 Å². The van der Waals surface area contributed by atoms with E-state index in [0.717, 1.165) is 14.8 Å². The summed E-state index contributed by atoms with van der Waals surface area (Å²) < 4.78 is 2.93. The third kappa shape index (κ3) is 3.54. The van der Waals surface area contributed by atoms with E-state index in [1.54, 1.807) is 6.20 Å². The zero-order valence-electron chi connectivity index (χ0n) is 11.7. The van der Waals surface area contributed by atoms with Crippen LogP contribution in [0, 0.1) is 3.57 Å². The molecule has 0 saturated heterocycles. The van der Waals surface area contributed by atoms with Gasteiger partial charge in [-0.25, -0.2) is 0 Å². The van der Waals surface area contributed by atoms with Crippen molar-refractivity contribution in [3.8, 4) is 0 Å². The minimum Gasteiger partial charge on any atom is -0.322 e. The maximum absolute atomic E-state index is 12.3. The van der Waals surface area contributed by atoms with Crippen LogP contribution in [0.2, 0.25) is 0 Å². The molecule has 110 valence electrons. The lowest BCUT2D eigenvalue weighted by atomic mass is 10.1. The minimum absolute atomic E-state index is 0.107. The summed E-state index contributed by atoms with van der Waals surface area (Å²) in [6.07, 6.45) is 3.64. The molecular formula is C17H14IN3O. The van der Waals surface area contributed by atoms with Crippen LogP contribution in [0.25, 0.3) is 0 Å². The molecule has 0 atom stereocenters. The van der Waals surface area contributed by atoms with Gasteiger partial charge in [0.05, 0.1) is 6.54 Å². The summed E-state index contributed by atoms with van der Waals surface area (Å²) in [4.78, 5) is 12.3. The predicted octanol–water partition coefficient (Wildman–Crippen LogP) is 3.79. The molecule has 0 aliphatic heterocycles. The highest BCUT2D eigenvalue weighted by Gasteiger charge is 2.09. The normalized spacial score (nSPS) is 10.4. The van der Waals surface area contributed by atoms with Gasteiger partial charge < -0.3 is 5.32 Å². The number of nitrogens with zero attached hydrogens (tertiary/aromatic N) is 2. The third-order valence-corrected chi connectivity index (χ3v) is 3.98. The molecule has 0 fully saturated rings. The SMILES string of the molecule is O=C(Nc1ccccc1Cn1cccn1)c1ccc(I)cc1. The fraction of sp³-hybridized carbons (Fsp3) is 0.0588. The summed E-state index contributed by atoms with van der Waals surface area (Å²) in [6.45, 7) is 0.621. The Morgan fingerprint density at radius 3 is 2.59 bits per heavy atom. The molecule has 5 heteroatoms. The van der Waals surface area contributed by atoms with Crippen LogP contribution in [0.15, 0.2) is 67.0 Å². The highest BCUT2D eigenvalue weighted by Crippen LogP contribution is 2.17. The standard InChI is InChI=1S/C17H14IN3O/c18-15-8-6-13(7-9-15)17(22)20-16-5-2-1-4-14(16)12-21-11-3-10-19-21/h1-11H,12H2,(H,20,22). The van der Waals surface area contributed by atoms with Gasteiger partial charge in [0.1, 0.15) is 0 Å².